The molecule has 0 radical (unpaired) electrons. The second kappa shape index (κ2) is 9.12. The number of amides is 2. The molecule has 1 aliphatic rings. The summed E-state index contributed by atoms with van der Waals surface area (Å²) in [5.74, 6) is 1.41. The maximum Gasteiger partial charge on any atom is 0.223 e. The first-order valence-electron chi connectivity index (χ1n) is 9.12. The van der Waals surface area contributed by atoms with Crippen LogP contribution < -0.4 is 15.0 Å². The Morgan fingerprint density at radius 1 is 1.07 bits per heavy atom. The van der Waals surface area contributed by atoms with Crippen molar-refractivity contribution in [1.82, 2.24) is 10.2 Å². The zero-order valence-corrected chi connectivity index (χ0v) is 15.5. The number of hydrogen-bond acceptors (Lipinski definition) is 5. The zero-order chi connectivity index (χ0) is 19.1. The quantitative estimate of drug-likeness (QED) is 0.806. The van der Waals surface area contributed by atoms with E-state index >= 15 is 0 Å². The minimum absolute atomic E-state index is 0.0165. The third kappa shape index (κ3) is 5.03. The van der Waals surface area contributed by atoms with E-state index in [2.05, 4.69) is 10.2 Å². The van der Waals surface area contributed by atoms with Crippen molar-refractivity contribution in [2.45, 2.75) is 19.4 Å². The van der Waals surface area contributed by atoms with Crippen molar-refractivity contribution in [2.24, 2.45) is 0 Å². The van der Waals surface area contributed by atoms with E-state index in [4.69, 9.17) is 9.15 Å². The van der Waals surface area contributed by atoms with Gasteiger partial charge in [0.25, 0.3) is 0 Å². The van der Waals surface area contributed by atoms with E-state index in [1.807, 2.05) is 29.2 Å². The summed E-state index contributed by atoms with van der Waals surface area (Å²) in [5, 5.41) is 2.76. The van der Waals surface area contributed by atoms with E-state index in [1.54, 1.807) is 25.5 Å². The molecule has 2 aromatic rings. The summed E-state index contributed by atoms with van der Waals surface area (Å²) in [7, 11) is 1.66. The first kappa shape index (κ1) is 18.8. The first-order chi connectivity index (χ1) is 13.2. The minimum atomic E-state index is -0.146. The number of carbonyl (C=O) groups excluding carboxylic acids is 2. The standard InChI is InChI=1S/C20H25N3O4/c1-26-18-7-3-2-6-17(18)22-10-12-23(13-11-22)20(25)9-8-19(24)21-15-16-5-4-14-27-16/h2-7,14H,8-13,15H2,1H3,(H,21,24). The number of methoxy groups -OCH3 is 1. The number of furan rings is 1. The number of piperazine rings is 1. The molecular weight excluding hydrogens is 346 g/mol. The van der Waals surface area contributed by atoms with Crippen LogP contribution in [0.5, 0.6) is 5.75 Å². The molecule has 2 heterocycles. The molecule has 0 saturated carbocycles. The van der Waals surface area contributed by atoms with Crippen LogP contribution in [-0.2, 0) is 16.1 Å². The molecule has 2 amide bonds. The van der Waals surface area contributed by atoms with Crippen LogP contribution in [0, 0.1) is 0 Å². The Morgan fingerprint density at radius 2 is 1.85 bits per heavy atom. The summed E-state index contributed by atoms with van der Waals surface area (Å²) in [6.45, 7) is 3.13. The van der Waals surface area contributed by atoms with Crippen LogP contribution >= 0.6 is 0 Å². The number of benzene rings is 1. The predicted octanol–water partition coefficient (Wildman–Crippen LogP) is 2.03. The molecular formula is C20H25N3O4. The number of nitrogens with zero attached hydrogens (tertiary/aromatic N) is 2. The number of hydrogen-bond donors (Lipinski definition) is 1. The third-order valence-corrected chi connectivity index (χ3v) is 4.66. The van der Waals surface area contributed by atoms with Crippen LogP contribution in [0.15, 0.2) is 47.1 Å². The van der Waals surface area contributed by atoms with Gasteiger partial charge in [0, 0.05) is 39.0 Å². The SMILES string of the molecule is COc1ccccc1N1CCN(C(=O)CCC(=O)NCc2ccco2)CC1. The molecule has 1 fully saturated rings. The summed E-state index contributed by atoms with van der Waals surface area (Å²) in [6, 6.07) is 11.5. The van der Waals surface area contributed by atoms with Gasteiger partial charge < -0.3 is 24.3 Å². The lowest BCUT2D eigenvalue weighted by molar-refractivity contribution is -0.133. The summed E-state index contributed by atoms with van der Waals surface area (Å²) >= 11 is 0. The lowest BCUT2D eigenvalue weighted by atomic mass is 10.2. The number of nitrogens with one attached hydrogen (secondary N) is 1. The van der Waals surface area contributed by atoms with Crippen molar-refractivity contribution in [1.29, 1.82) is 0 Å². The molecule has 27 heavy (non-hydrogen) atoms. The van der Waals surface area contributed by atoms with Crippen molar-refractivity contribution >= 4 is 17.5 Å². The second-order valence-corrected chi connectivity index (χ2v) is 6.40. The molecule has 7 nitrogen and oxygen atoms in total. The Hall–Kier alpha value is -2.96. The molecule has 1 aromatic carbocycles. The molecule has 0 aliphatic carbocycles. The predicted molar refractivity (Wildman–Crippen MR) is 102 cm³/mol. The van der Waals surface area contributed by atoms with E-state index in [9.17, 15) is 9.59 Å². The number of carbonyl (C=O) groups is 2. The van der Waals surface area contributed by atoms with Gasteiger partial charge in [0.1, 0.15) is 11.5 Å². The summed E-state index contributed by atoms with van der Waals surface area (Å²) in [6.07, 6.45) is 1.97. The Balaban J connectivity index is 1.41. The topological polar surface area (TPSA) is 75.0 Å². The highest BCUT2D eigenvalue weighted by Gasteiger charge is 2.23. The van der Waals surface area contributed by atoms with Crippen LogP contribution in [0.1, 0.15) is 18.6 Å². The van der Waals surface area contributed by atoms with E-state index in [-0.39, 0.29) is 24.7 Å². The van der Waals surface area contributed by atoms with Crippen LogP contribution in [-0.4, -0.2) is 50.0 Å². The smallest absolute Gasteiger partial charge is 0.223 e. The Labute approximate surface area is 158 Å². The molecule has 1 aliphatic heterocycles. The second-order valence-electron chi connectivity index (χ2n) is 6.40. The number of para-hydroxylation sites is 2. The lowest BCUT2D eigenvalue weighted by Crippen LogP contribution is -2.49. The van der Waals surface area contributed by atoms with Crippen LogP contribution in [0.2, 0.25) is 0 Å². The Bertz CT molecular complexity index is 752. The highest BCUT2D eigenvalue weighted by Crippen LogP contribution is 2.28. The van der Waals surface area contributed by atoms with Crippen LogP contribution in [0.4, 0.5) is 5.69 Å². The number of rotatable bonds is 7. The molecule has 3 rings (SSSR count). The van der Waals surface area contributed by atoms with Crippen molar-refractivity contribution in [2.75, 3.05) is 38.2 Å². The van der Waals surface area contributed by atoms with E-state index in [0.29, 0.717) is 25.4 Å². The van der Waals surface area contributed by atoms with Crippen LogP contribution in [0.3, 0.4) is 0 Å². The average molecular weight is 371 g/mol. The van der Waals surface area contributed by atoms with Crippen molar-refractivity contribution in [3.8, 4) is 5.75 Å². The van der Waals surface area contributed by atoms with Gasteiger partial charge in [-0.3, -0.25) is 9.59 Å². The molecule has 1 saturated heterocycles. The fourth-order valence-corrected chi connectivity index (χ4v) is 3.15. The normalized spacial score (nSPS) is 14.1. The summed E-state index contributed by atoms with van der Waals surface area (Å²) in [5.41, 5.74) is 1.05. The molecule has 7 heteroatoms. The first-order valence-corrected chi connectivity index (χ1v) is 9.12. The average Bonchev–Trinajstić information content (AvgIpc) is 3.24. The Morgan fingerprint density at radius 3 is 2.56 bits per heavy atom. The van der Waals surface area contributed by atoms with Crippen LogP contribution in [0.25, 0.3) is 0 Å². The van der Waals surface area contributed by atoms with Crippen molar-refractivity contribution in [3.63, 3.8) is 0 Å². The molecule has 1 aromatic heterocycles. The van der Waals surface area contributed by atoms with Gasteiger partial charge in [0.05, 0.1) is 25.6 Å². The maximum atomic E-state index is 12.4. The number of anilines is 1. The molecule has 0 spiro atoms. The summed E-state index contributed by atoms with van der Waals surface area (Å²) < 4.78 is 10.6. The zero-order valence-electron chi connectivity index (χ0n) is 15.5. The molecule has 0 bridgehead atoms. The number of ether oxygens (including phenoxy) is 1. The van der Waals surface area contributed by atoms with Gasteiger partial charge in [-0.05, 0) is 24.3 Å². The van der Waals surface area contributed by atoms with Gasteiger partial charge in [0.2, 0.25) is 11.8 Å². The van der Waals surface area contributed by atoms with Gasteiger partial charge >= 0.3 is 0 Å². The molecule has 0 atom stereocenters. The highest BCUT2D eigenvalue weighted by atomic mass is 16.5. The van der Waals surface area contributed by atoms with Crippen molar-refractivity contribution < 1.29 is 18.7 Å². The highest BCUT2D eigenvalue weighted by molar-refractivity contribution is 5.83. The van der Waals surface area contributed by atoms with Gasteiger partial charge in [-0.1, -0.05) is 12.1 Å². The fraction of sp³-hybridized carbons (Fsp3) is 0.400. The maximum absolute atomic E-state index is 12.4. The largest absolute Gasteiger partial charge is 0.495 e. The van der Waals surface area contributed by atoms with E-state index < -0.39 is 0 Å². The van der Waals surface area contributed by atoms with Crippen molar-refractivity contribution in [3.05, 3.63) is 48.4 Å². The summed E-state index contributed by atoms with van der Waals surface area (Å²) in [4.78, 5) is 28.3. The Kier molecular flexibility index (Phi) is 6.35. The minimum Gasteiger partial charge on any atom is -0.495 e. The van der Waals surface area contributed by atoms with Gasteiger partial charge in [0.15, 0.2) is 0 Å². The monoisotopic (exact) mass is 371 g/mol. The van der Waals surface area contributed by atoms with E-state index in [1.165, 1.54) is 0 Å². The molecule has 1 N–H and O–H groups in total. The molecule has 144 valence electrons. The molecule has 0 unspecified atom stereocenters. The third-order valence-electron chi connectivity index (χ3n) is 4.66. The lowest BCUT2D eigenvalue weighted by Gasteiger charge is -2.36. The van der Waals surface area contributed by atoms with Gasteiger partial charge in [-0.2, -0.15) is 0 Å². The fourth-order valence-electron chi connectivity index (χ4n) is 3.15. The van der Waals surface area contributed by atoms with Gasteiger partial charge in [-0.25, -0.2) is 0 Å². The van der Waals surface area contributed by atoms with E-state index in [0.717, 1.165) is 24.5 Å². The van der Waals surface area contributed by atoms with Gasteiger partial charge in [-0.15, -0.1) is 0 Å².